The molecule has 21 heavy (non-hydrogen) atoms. The molecule has 1 spiro atoms. The Kier molecular flexibility index (Phi) is 3.44. The fraction of sp³-hybridized carbons (Fsp3) is 0.667. The van der Waals surface area contributed by atoms with E-state index in [0.717, 1.165) is 24.3 Å². The number of benzene rings is 1. The van der Waals surface area contributed by atoms with Crippen LogP contribution >= 0.6 is 0 Å². The zero-order valence-corrected chi connectivity index (χ0v) is 13.8. The van der Waals surface area contributed by atoms with Crippen LogP contribution in [-0.4, -0.2) is 19.8 Å². The summed E-state index contributed by atoms with van der Waals surface area (Å²) in [6, 6.07) is 6.50. The number of hydrogen-bond acceptors (Lipinski definition) is 3. The van der Waals surface area contributed by atoms with Gasteiger partial charge in [-0.1, -0.05) is 20.8 Å². The highest BCUT2D eigenvalue weighted by Crippen LogP contribution is 2.55. The summed E-state index contributed by atoms with van der Waals surface area (Å²) in [4.78, 5) is 0. The third kappa shape index (κ3) is 2.42. The van der Waals surface area contributed by atoms with Gasteiger partial charge < -0.3 is 14.8 Å². The van der Waals surface area contributed by atoms with Crippen LogP contribution in [0.5, 0.6) is 11.5 Å². The van der Waals surface area contributed by atoms with Crippen LogP contribution in [0, 0.1) is 11.3 Å². The first kappa shape index (κ1) is 14.7. The molecule has 0 saturated heterocycles. The van der Waals surface area contributed by atoms with Gasteiger partial charge in [-0.25, -0.2) is 0 Å². The van der Waals surface area contributed by atoms with Crippen molar-refractivity contribution in [2.75, 3.05) is 14.2 Å². The fourth-order valence-corrected chi connectivity index (χ4v) is 4.47. The van der Waals surface area contributed by atoms with E-state index in [9.17, 15) is 0 Å². The number of nitrogens with one attached hydrogen (secondary N) is 1. The van der Waals surface area contributed by atoms with Crippen LogP contribution in [0.3, 0.4) is 0 Å². The minimum Gasteiger partial charge on any atom is -0.497 e. The predicted molar refractivity (Wildman–Crippen MR) is 84.9 cm³/mol. The molecule has 3 nitrogen and oxygen atoms in total. The topological polar surface area (TPSA) is 30.5 Å². The van der Waals surface area contributed by atoms with Crippen molar-refractivity contribution in [1.82, 2.24) is 5.32 Å². The molecular weight excluding hydrogens is 262 g/mol. The molecule has 116 valence electrons. The second-order valence-corrected chi connectivity index (χ2v) is 7.56. The molecule has 1 fully saturated rings. The van der Waals surface area contributed by atoms with E-state index >= 15 is 0 Å². The Bertz CT molecular complexity index is 540. The predicted octanol–water partition coefficient (Wildman–Crippen LogP) is 3.93. The summed E-state index contributed by atoms with van der Waals surface area (Å²) in [7, 11) is 3.75. The van der Waals surface area contributed by atoms with Crippen LogP contribution in [0.4, 0.5) is 0 Å². The monoisotopic (exact) mass is 289 g/mol. The summed E-state index contributed by atoms with van der Waals surface area (Å²) in [6.45, 7) is 7.06. The molecule has 1 aliphatic heterocycles. The Morgan fingerprint density at radius 3 is 2.62 bits per heavy atom. The molecule has 0 amide bonds. The van der Waals surface area contributed by atoms with Crippen molar-refractivity contribution in [1.29, 1.82) is 0 Å². The Labute approximate surface area is 128 Å². The van der Waals surface area contributed by atoms with Crippen LogP contribution in [0.1, 0.15) is 51.6 Å². The third-order valence-electron chi connectivity index (χ3n) is 5.34. The number of methoxy groups -OCH3 is 1. The van der Waals surface area contributed by atoms with E-state index in [1.165, 1.54) is 12.0 Å². The number of rotatable bonds is 2. The Morgan fingerprint density at radius 1 is 1.29 bits per heavy atom. The van der Waals surface area contributed by atoms with Gasteiger partial charge in [-0.2, -0.15) is 0 Å². The Balaban J connectivity index is 2.00. The molecule has 1 saturated carbocycles. The smallest absolute Gasteiger partial charge is 0.125 e. The van der Waals surface area contributed by atoms with Crippen LogP contribution in [-0.2, 0) is 0 Å². The lowest BCUT2D eigenvalue weighted by atomic mass is 9.80. The van der Waals surface area contributed by atoms with E-state index in [2.05, 4.69) is 38.2 Å². The molecular formula is C18H27NO2. The molecule has 1 aliphatic carbocycles. The second kappa shape index (κ2) is 4.91. The van der Waals surface area contributed by atoms with Gasteiger partial charge in [0, 0.05) is 18.0 Å². The van der Waals surface area contributed by atoms with Crippen molar-refractivity contribution >= 4 is 0 Å². The van der Waals surface area contributed by atoms with Gasteiger partial charge in [0.2, 0.25) is 0 Å². The van der Waals surface area contributed by atoms with E-state index in [1.54, 1.807) is 7.11 Å². The van der Waals surface area contributed by atoms with Crippen LogP contribution in [0.25, 0.3) is 0 Å². The van der Waals surface area contributed by atoms with Crippen molar-refractivity contribution in [3.05, 3.63) is 23.8 Å². The zero-order chi connectivity index (χ0) is 15.3. The number of fused-ring (bicyclic) bond motifs is 1. The van der Waals surface area contributed by atoms with Crippen molar-refractivity contribution in [3.8, 4) is 11.5 Å². The summed E-state index contributed by atoms with van der Waals surface area (Å²) in [6.07, 6.45) is 3.40. The first-order valence-corrected chi connectivity index (χ1v) is 7.93. The molecule has 2 aliphatic rings. The lowest BCUT2D eigenvalue weighted by molar-refractivity contribution is -0.00208. The Hall–Kier alpha value is -1.22. The number of hydrogen-bond donors (Lipinski definition) is 1. The summed E-state index contributed by atoms with van der Waals surface area (Å²) >= 11 is 0. The third-order valence-corrected chi connectivity index (χ3v) is 5.34. The largest absolute Gasteiger partial charge is 0.497 e. The van der Waals surface area contributed by atoms with Gasteiger partial charge in [-0.3, -0.25) is 0 Å². The zero-order valence-electron chi connectivity index (χ0n) is 13.8. The lowest BCUT2D eigenvalue weighted by Gasteiger charge is -2.43. The van der Waals surface area contributed by atoms with Gasteiger partial charge >= 0.3 is 0 Å². The summed E-state index contributed by atoms with van der Waals surface area (Å²) < 4.78 is 11.9. The normalized spacial score (nSPS) is 33.6. The highest BCUT2D eigenvalue weighted by molar-refractivity contribution is 5.44. The first-order chi connectivity index (χ1) is 9.89. The molecule has 0 bridgehead atoms. The van der Waals surface area contributed by atoms with Gasteiger partial charge in [0.05, 0.1) is 7.11 Å². The maximum atomic E-state index is 6.56. The minimum absolute atomic E-state index is 0.0290. The van der Waals surface area contributed by atoms with Gasteiger partial charge in [-0.05, 0) is 49.4 Å². The van der Waals surface area contributed by atoms with E-state index < -0.39 is 0 Å². The van der Waals surface area contributed by atoms with Gasteiger partial charge in [-0.15, -0.1) is 0 Å². The highest BCUT2D eigenvalue weighted by Gasteiger charge is 2.53. The fourth-order valence-electron chi connectivity index (χ4n) is 4.47. The molecule has 3 rings (SSSR count). The lowest BCUT2D eigenvalue weighted by Crippen LogP contribution is -2.46. The molecule has 3 heteroatoms. The standard InChI is InChI=1S/C18H27NO2/c1-12-9-17(2,3)11-18(12)10-15(19-4)14-8-13(20-5)6-7-16(14)21-18/h6-8,12,15,19H,9-11H2,1-5H3. The van der Waals surface area contributed by atoms with E-state index in [0.29, 0.717) is 17.4 Å². The quantitative estimate of drug-likeness (QED) is 0.894. The van der Waals surface area contributed by atoms with Gasteiger partial charge in [0.15, 0.2) is 0 Å². The van der Waals surface area contributed by atoms with Crippen molar-refractivity contribution in [2.45, 2.75) is 51.7 Å². The van der Waals surface area contributed by atoms with E-state index in [1.807, 2.05) is 13.1 Å². The maximum absolute atomic E-state index is 6.56. The Morgan fingerprint density at radius 2 is 2.05 bits per heavy atom. The van der Waals surface area contributed by atoms with Crippen molar-refractivity contribution < 1.29 is 9.47 Å². The summed E-state index contributed by atoms with van der Waals surface area (Å²) in [5.41, 5.74) is 1.56. The van der Waals surface area contributed by atoms with Crippen molar-refractivity contribution in [2.24, 2.45) is 11.3 Å². The molecule has 0 radical (unpaired) electrons. The molecule has 1 aromatic carbocycles. The maximum Gasteiger partial charge on any atom is 0.125 e. The first-order valence-electron chi connectivity index (χ1n) is 7.93. The molecule has 3 unspecified atom stereocenters. The number of ether oxygens (including phenoxy) is 2. The second-order valence-electron chi connectivity index (χ2n) is 7.56. The van der Waals surface area contributed by atoms with Gasteiger partial charge in [0.1, 0.15) is 17.1 Å². The van der Waals surface area contributed by atoms with E-state index in [4.69, 9.17) is 9.47 Å². The SMILES string of the molecule is CNC1CC2(CC(C)(C)CC2C)Oc2ccc(OC)cc21. The molecule has 1 N–H and O–H groups in total. The van der Waals surface area contributed by atoms with Crippen LogP contribution < -0.4 is 14.8 Å². The highest BCUT2D eigenvalue weighted by atomic mass is 16.5. The van der Waals surface area contributed by atoms with E-state index in [-0.39, 0.29) is 5.60 Å². The van der Waals surface area contributed by atoms with Crippen molar-refractivity contribution in [3.63, 3.8) is 0 Å². The minimum atomic E-state index is -0.0290. The molecule has 1 heterocycles. The van der Waals surface area contributed by atoms with Gasteiger partial charge in [0.25, 0.3) is 0 Å². The average molecular weight is 289 g/mol. The van der Waals surface area contributed by atoms with Crippen LogP contribution in [0.2, 0.25) is 0 Å². The molecule has 3 atom stereocenters. The summed E-state index contributed by atoms with van der Waals surface area (Å²) in [5.74, 6) is 2.50. The average Bonchev–Trinajstić information content (AvgIpc) is 2.66. The summed E-state index contributed by atoms with van der Waals surface area (Å²) in [5, 5.41) is 3.47. The van der Waals surface area contributed by atoms with Crippen LogP contribution in [0.15, 0.2) is 18.2 Å². The molecule has 1 aromatic rings. The molecule has 0 aromatic heterocycles.